The molecule has 0 saturated carbocycles. The van der Waals surface area contributed by atoms with Crippen molar-refractivity contribution in [2.45, 2.75) is 25.8 Å². The summed E-state index contributed by atoms with van der Waals surface area (Å²) in [5.74, 6) is 0. The lowest BCUT2D eigenvalue weighted by Crippen LogP contribution is -2.45. The van der Waals surface area contributed by atoms with E-state index in [2.05, 4.69) is 47.1 Å². The lowest BCUT2D eigenvalue weighted by atomic mass is 10.1. The van der Waals surface area contributed by atoms with Crippen LogP contribution < -0.4 is 5.32 Å². The largest absolute Gasteiger partial charge is 0.353 e. The van der Waals surface area contributed by atoms with Gasteiger partial charge in [0.1, 0.15) is 0 Å². The first-order chi connectivity index (χ1) is 7.83. The number of nitrogens with one attached hydrogen (secondary N) is 1. The third-order valence-electron chi connectivity index (χ3n) is 3.48. The Morgan fingerprint density at radius 2 is 1.94 bits per heavy atom. The van der Waals surface area contributed by atoms with E-state index >= 15 is 0 Å². The molecule has 1 atom stereocenters. The molecule has 3 nitrogen and oxygen atoms in total. The van der Waals surface area contributed by atoms with E-state index in [1.165, 1.54) is 31.6 Å². The summed E-state index contributed by atoms with van der Waals surface area (Å²) in [6.45, 7) is 6.89. The molecule has 2 rings (SSSR count). The van der Waals surface area contributed by atoms with Gasteiger partial charge >= 0.3 is 0 Å². The third kappa shape index (κ3) is 4.16. The summed E-state index contributed by atoms with van der Waals surface area (Å²) in [6, 6.07) is 5.02. The molecule has 1 aliphatic heterocycles. The first-order valence-electron chi connectivity index (χ1n) is 6.39. The van der Waals surface area contributed by atoms with Gasteiger partial charge in [-0.1, -0.05) is 13.3 Å². The van der Waals surface area contributed by atoms with Gasteiger partial charge in [0.25, 0.3) is 0 Å². The number of hydrogen-bond acceptors (Lipinski definition) is 2. The standard InChI is InChI=1S/C13H23N3.2ClH/c1-3-5-13(12-6-4-9-15(12)2)16-10-7-14-8-11-16;;/h4,6,9,13-14H,3,5,7-8,10-11H2,1-2H3;2*1H/t13-;;/m1../s1. The van der Waals surface area contributed by atoms with Crippen LogP contribution in [0.3, 0.4) is 0 Å². The van der Waals surface area contributed by atoms with Crippen LogP contribution in [-0.2, 0) is 7.05 Å². The van der Waals surface area contributed by atoms with Crippen LogP contribution in [0, 0.1) is 0 Å². The van der Waals surface area contributed by atoms with Crippen molar-refractivity contribution in [1.82, 2.24) is 14.8 Å². The summed E-state index contributed by atoms with van der Waals surface area (Å²) < 4.78 is 2.27. The van der Waals surface area contributed by atoms with E-state index in [0.29, 0.717) is 6.04 Å². The van der Waals surface area contributed by atoms with Crippen molar-refractivity contribution in [2.75, 3.05) is 26.2 Å². The zero-order chi connectivity index (χ0) is 11.4. The summed E-state index contributed by atoms with van der Waals surface area (Å²) in [7, 11) is 2.15. The topological polar surface area (TPSA) is 20.2 Å². The number of aryl methyl sites for hydroxylation is 1. The fraction of sp³-hybridized carbons (Fsp3) is 0.692. The number of aromatic nitrogens is 1. The van der Waals surface area contributed by atoms with Crippen molar-refractivity contribution < 1.29 is 0 Å². The minimum atomic E-state index is 0. The summed E-state index contributed by atoms with van der Waals surface area (Å²) in [5, 5.41) is 3.42. The van der Waals surface area contributed by atoms with Crippen LogP contribution in [0.4, 0.5) is 0 Å². The smallest absolute Gasteiger partial charge is 0.0501 e. The molecule has 1 aromatic rings. The molecule has 1 N–H and O–H groups in total. The Morgan fingerprint density at radius 1 is 1.28 bits per heavy atom. The quantitative estimate of drug-likeness (QED) is 0.921. The lowest BCUT2D eigenvalue weighted by Gasteiger charge is -2.35. The van der Waals surface area contributed by atoms with Crippen LogP contribution in [0.1, 0.15) is 31.5 Å². The van der Waals surface area contributed by atoms with Gasteiger partial charge in [0.15, 0.2) is 0 Å². The van der Waals surface area contributed by atoms with Gasteiger partial charge < -0.3 is 9.88 Å². The highest BCUT2D eigenvalue weighted by Gasteiger charge is 2.22. The normalized spacial score (nSPS) is 17.7. The van der Waals surface area contributed by atoms with Gasteiger partial charge in [-0.25, -0.2) is 0 Å². The maximum Gasteiger partial charge on any atom is 0.0501 e. The molecule has 18 heavy (non-hydrogen) atoms. The Bertz CT molecular complexity index is 322. The van der Waals surface area contributed by atoms with Crippen molar-refractivity contribution in [1.29, 1.82) is 0 Å². The van der Waals surface area contributed by atoms with E-state index in [0.717, 1.165) is 13.1 Å². The first kappa shape index (κ1) is 17.8. The van der Waals surface area contributed by atoms with Crippen LogP contribution >= 0.6 is 24.8 Å². The molecular formula is C13H25Cl2N3. The fourth-order valence-electron chi connectivity index (χ4n) is 2.61. The highest BCUT2D eigenvalue weighted by atomic mass is 35.5. The Morgan fingerprint density at radius 3 is 2.44 bits per heavy atom. The Labute approximate surface area is 123 Å². The van der Waals surface area contributed by atoms with E-state index in [4.69, 9.17) is 0 Å². The Balaban J connectivity index is 0.00000144. The third-order valence-corrected chi connectivity index (χ3v) is 3.48. The summed E-state index contributed by atoms with van der Waals surface area (Å²) in [5.41, 5.74) is 1.46. The second-order valence-corrected chi connectivity index (χ2v) is 4.63. The Kier molecular flexibility index (Phi) is 8.70. The average Bonchev–Trinajstić information content (AvgIpc) is 2.73. The minimum Gasteiger partial charge on any atom is -0.353 e. The lowest BCUT2D eigenvalue weighted by molar-refractivity contribution is 0.159. The average molecular weight is 294 g/mol. The van der Waals surface area contributed by atoms with Gasteiger partial charge in [0, 0.05) is 45.1 Å². The van der Waals surface area contributed by atoms with Crippen LogP contribution in [0.2, 0.25) is 0 Å². The maximum absolute atomic E-state index is 3.42. The zero-order valence-electron chi connectivity index (χ0n) is 11.3. The number of piperazine rings is 1. The van der Waals surface area contributed by atoms with Gasteiger partial charge in [0.05, 0.1) is 6.04 Å². The fourth-order valence-corrected chi connectivity index (χ4v) is 2.61. The molecular weight excluding hydrogens is 269 g/mol. The van der Waals surface area contributed by atoms with Crippen molar-refractivity contribution >= 4 is 24.8 Å². The van der Waals surface area contributed by atoms with Crippen molar-refractivity contribution in [3.05, 3.63) is 24.0 Å². The van der Waals surface area contributed by atoms with Gasteiger partial charge in [-0.05, 0) is 18.6 Å². The van der Waals surface area contributed by atoms with E-state index in [1.54, 1.807) is 0 Å². The van der Waals surface area contributed by atoms with E-state index in [9.17, 15) is 0 Å². The minimum absolute atomic E-state index is 0. The molecule has 1 aromatic heterocycles. The molecule has 106 valence electrons. The summed E-state index contributed by atoms with van der Waals surface area (Å²) in [4.78, 5) is 2.62. The van der Waals surface area contributed by atoms with Gasteiger partial charge in [-0.2, -0.15) is 0 Å². The monoisotopic (exact) mass is 293 g/mol. The predicted molar refractivity (Wildman–Crippen MR) is 82.0 cm³/mol. The second kappa shape index (κ2) is 8.81. The molecule has 0 radical (unpaired) electrons. The van der Waals surface area contributed by atoms with Crippen molar-refractivity contribution in [3.8, 4) is 0 Å². The molecule has 0 amide bonds. The predicted octanol–water partition coefficient (Wildman–Crippen LogP) is 2.62. The summed E-state index contributed by atoms with van der Waals surface area (Å²) in [6.07, 6.45) is 4.66. The first-order valence-corrected chi connectivity index (χ1v) is 6.39. The molecule has 5 heteroatoms. The molecule has 1 fully saturated rings. The number of halogens is 2. The molecule has 0 aliphatic carbocycles. The summed E-state index contributed by atoms with van der Waals surface area (Å²) >= 11 is 0. The SMILES string of the molecule is CCC[C@H](c1cccn1C)N1CCNCC1.Cl.Cl. The van der Waals surface area contributed by atoms with E-state index in [-0.39, 0.29) is 24.8 Å². The highest BCUT2D eigenvalue weighted by Crippen LogP contribution is 2.25. The van der Waals surface area contributed by atoms with Crippen LogP contribution in [0.25, 0.3) is 0 Å². The van der Waals surface area contributed by atoms with Crippen LogP contribution in [0.5, 0.6) is 0 Å². The number of nitrogens with zero attached hydrogens (tertiary/aromatic N) is 2. The van der Waals surface area contributed by atoms with E-state index in [1.807, 2.05) is 0 Å². The molecule has 1 saturated heterocycles. The molecule has 2 heterocycles. The van der Waals surface area contributed by atoms with Crippen LogP contribution in [0.15, 0.2) is 18.3 Å². The zero-order valence-corrected chi connectivity index (χ0v) is 12.9. The highest BCUT2D eigenvalue weighted by molar-refractivity contribution is 5.85. The van der Waals surface area contributed by atoms with Gasteiger partial charge in [0.2, 0.25) is 0 Å². The number of rotatable bonds is 4. The van der Waals surface area contributed by atoms with Crippen molar-refractivity contribution in [2.24, 2.45) is 7.05 Å². The molecule has 0 bridgehead atoms. The van der Waals surface area contributed by atoms with E-state index < -0.39 is 0 Å². The van der Waals surface area contributed by atoms with Crippen LogP contribution in [-0.4, -0.2) is 35.6 Å². The maximum atomic E-state index is 3.42. The van der Waals surface area contributed by atoms with Crippen molar-refractivity contribution in [3.63, 3.8) is 0 Å². The Hall–Kier alpha value is -0.220. The molecule has 1 aliphatic rings. The number of hydrogen-bond donors (Lipinski definition) is 1. The molecule has 0 spiro atoms. The second-order valence-electron chi connectivity index (χ2n) is 4.63. The molecule has 0 unspecified atom stereocenters. The van der Waals surface area contributed by atoms with Gasteiger partial charge in [-0.3, -0.25) is 4.90 Å². The molecule has 0 aromatic carbocycles. The van der Waals surface area contributed by atoms with Gasteiger partial charge in [-0.15, -0.1) is 24.8 Å².